The third-order valence-electron chi connectivity index (χ3n) is 8.23. The smallest absolute Gasteiger partial charge is 0.221 e. The maximum atomic E-state index is 12.1. The van der Waals surface area contributed by atoms with Gasteiger partial charge in [-0.3, -0.25) is 9.59 Å². The highest BCUT2D eigenvalue weighted by Crippen LogP contribution is 2.11. The van der Waals surface area contributed by atoms with E-state index in [0.717, 1.165) is 25.7 Å². The number of unbranched alkanes of at least 4 members (excludes halogenated alkanes) is 14. The zero-order valence-corrected chi connectivity index (χ0v) is 29.1. The Morgan fingerprint density at radius 1 is 0.545 bits per heavy atom. The molecule has 0 aromatic rings. The molecular formula is C35H73N5O4. The number of amides is 2. The van der Waals surface area contributed by atoms with E-state index in [9.17, 15) is 19.8 Å². The Morgan fingerprint density at radius 3 is 1.25 bits per heavy atom. The first-order valence-corrected chi connectivity index (χ1v) is 18.4. The molecular weight excluding hydrogens is 554 g/mol. The molecule has 2 amide bonds. The van der Waals surface area contributed by atoms with Gasteiger partial charge in [-0.15, -0.1) is 0 Å². The Kier molecular flexibility index (Phi) is 32.2. The molecule has 0 spiro atoms. The summed E-state index contributed by atoms with van der Waals surface area (Å²) in [5.41, 5.74) is 0. The Balaban J connectivity index is 3.55. The lowest BCUT2D eigenvalue weighted by Crippen LogP contribution is -2.37. The fraction of sp³-hybridized carbons (Fsp3) is 0.943. The molecule has 0 saturated carbocycles. The van der Waals surface area contributed by atoms with Gasteiger partial charge < -0.3 is 36.4 Å². The predicted octanol–water partition coefficient (Wildman–Crippen LogP) is 4.89. The molecule has 9 nitrogen and oxygen atoms in total. The van der Waals surface area contributed by atoms with Gasteiger partial charge in [-0.2, -0.15) is 0 Å². The van der Waals surface area contributed by atoms with Gasteiger partial charge in [0.25, 0.3) is 0 Å². The van der Waals surface area contributed by atoms with Gasteiger partial charge in [0, 0.05) is 65.2 Å². The van der Waals surface area contributed by atoms with E-state index in [4.69, 9.17) is 0 Å². The molecule has 0 aliphatic heterocycles. The average molecular weight is 628 g/mol. The molecule has 0 aromatic heterocycles. The van der Waals surface area contributed by atoms with Gasteiger partial charge in [0.2, 0.25) is 11.8 Å². The number of aliphatic hydroxyl groups excluding tert-OH is 2. The van der Waals surface area contributed by atoms with Crippen LogP contribution in [0.25, 0.3) is 0 Å². The number of aliphatic hydroxyl groups is 2. The van der Waals surface area contributed by atoms with Crippen molar-refractivity contribution in [2.45, 2.75) is 154 Å². The van der Waals surface area contributed by atoms with Crippen LogP contribution in [0.1, 0.15) is 142 Å². The second-order valence-corrected chi connectivity index (χ2v) is 12.7. The van der Waals surface area contributed by atoms with Gasteiger partial charge in [0.15, 0.2) is 0 Å². The summed E-state index contributed by atoms with van der Waals surface area (Å²) in [5.74, 6) is -0.00323. The van der Waals surface area contributed by atoms with E-state index in [-0.39, 0.29) is 24.0 Å². The first-order valence-electron chi connectivity index (χ1n) is 18.4. The first-order chi connectivity index (χ1) is 21.4. The topological polar surface area (TPSA) is 126 Å². The van der Waals surface area contributed by atoms with Gasteiger partial charge in [-0.05, 0) is 19.9 Å². The van der Waals surface area contributed by atoms with Crippen LogP contribution in [-0.2, 0) is 9.59 Å². The number of hydrogen-bond acceptors (Lipinski definition) is 7. The third kappa shape index (κ3) is 32.1. The Bertz CT molecular complexity index is 588. The van der Waals surface area contributed by atoms with Gasteiger partial charge in [0.05, 0.1) is 12.2 Å². The van der Waals surface area contributed by atoms with Crippen LogP contribution in [0.5, 0.6) is 0 Å². The second kappa shape index (κ2) is 33.1. The van der Waals surface area contributed by atoms with Crippen molar-refractivity contribution in [3.63, 3.8) is 0 Å². The quantitative estimate of drug-likeness (QED) is 0.0561. The Morgan fingerprint density at radius 2 is 0.886 bits per heavy atom. The summed E-state index contributed by atoms with van der Waals surface area (Å²) >= 11 is 0. The number of carbonyl (C=O) groups is 2. The van der Waals surface area contributed by atoms with Gasteiger partial charge in [0.1, 0.15) is 0 Å². The molecule has 2 unspecified atom stereocenters. The molecule has 2 atom stereocenters. The molecule has 0 rings (SSSR count). The second-order valence-electron chi connectivity index (χ2n) is 12.7. The van der Waals surface area contributed by atoms with Crippen molar-refractivity contribution in [1.29, 1.82) is 0 Å². The lowest BCUT2D eigenvalue weighted by atomic mass is 10.1. The van der Waals surface area contributed by atoms with Crippen LogP contribution in [0.2, 0.25) is 0 Å². The van der Waals surface area contributed by atoms with E-state index < -0.39 is 0 Å². The average Bonchev–Trinajstić information content (AvgIpc) is 3.01. The van der Waals surface area contributed by atoms with Gasteiger partial charge >= 0.3 is 0 Å². The summed E-state index contributed by atoms with van der Waals surface area (Å²) in [4.78, 5) is 26.3. The van der Waals surface area contributed by atoms with Crippen molar-refractivity contribution < 1.29 is 19.8 Å². The largest absolute Gasteiger partial charge is 0.392 e. The standard InChI is InChI=1S/C35H73N5O4/c1-4-6-8-10-12-14-16-18-20-32(41)30-36-24-26-38-34(43)22-28-40(3)29-23-35(44)39-27-25-37-31-33(42)21-19-17-15-13-11-9-7-5-2/h32-33,36-37,41-42H,4-31H2,1-3H3,(H,38,43)(H,39,44). The SMILES string of the molecule is CCCCCCCCCCC(O)CNCCNC(=O)CCN(C)CCC(=O)NCCNCC(O)CCCCCCCCCC. The van der Waals surface area contributed by atoms with Crippen LogP contribution >= 0.6 is 0 Å². The summed E-state index contributed by atoms with van der Waals surface area (Å²) in [7, 11) is 1.92. The Hall–Kier alpha value is -1.26. The van der Waals surface area contributed by atoms with E-state index >= 15 is 0 Å². The van der Waals surface area contributed by atoms with Crippen molar-refractivity contribution in [1.82, 2.24) is 26.2 Å². The molecule has 44 heavy (non-hydrogen) atoms. The lowest BCUT2D eigenvalue weighted by Gasteiger charge is -2.16. The van der Waals surface area contributed by atoms with E-state index in [1.807, 2.05) is 11.9 Å². The maximum Gasteiger partial charge on any atom is 0.221 e. The minimum Gasteiger partial charge on any atom is -0.392 e. The van der Waals surface area contributed by atoms with E-state index in [0.29, 0.717) is 65.2 Å². The molecule has 0 radical (unpaired) electrons. The maximum absolute atomic E-state index is 12.1. The van der Waals surface area contributed by atoms with Gasteiger partial charge in [-0.1, -0.05) is 117 Å². The monoisotopic (exact) mass is 628 g/mol. The highest BCUT2D eigenvalue weighted by atomic mass is 16.3. The number of carbonyl (C=O) groups excluding carboxylic acids is 2. The highest BCUT2D eigenvalue weighted by Gasteiger charge is 2.08. The number of nitrogens with zero attached hydrogens (tertiary/aromatic N) is 1. The zero-order valence-electron chi connectivity index (χ0n) is 29.1. The summed E-state index contributed by atoms with van der Waals surface area (Å²) in [5, 5.41) is 32.5. The summed E-state index contributed by atoms with van der Waals surface area (Å²) in [6, 6.07) is 0. The molecule has 9 heteroatoms. The van der Waals surface area contributed by atoms with E-state index in [1.54, 1.807) is 0 Å². The van der Waals surface area contributed by atoms with E-state index in [2.05, 4.69) is 35.1 Å². The van der Waals surface area contributed by atoms with Crippen molar-refractivity contribution in [2.75, 3.05) is 59.4 Å². The van der Waals surface area contributed by atoms with Crippen LogP contribution in [0.4, 0.5) is 0 Å². The van der Waals surface area contributed by atoms with Crippen LogP contribution in [0, 0.1) is 0 Å². The fourth-order valence-corrected chi connectivity index (χ4v) is 5.22. The molecule has 0 fully saturated rings. The number of hydrogen-bond donors (Lipinski definition) is 6. The summed E-state index contributed by atoms with van der Waals surface area (Å²) < 4.78 is 0. The molecule has 0 bridgehead atoms. The van der Waals surface area contributed by atoms with Crippen LogP contribution < -0.4 is 21.3 Å². The van der Waals surface area contributed by atoms with Crippen molar-refractivity contribution in [2.24, 2.45) is 0 Å². The molecule has 0 aliphatic carbocycles. The van der Waals surface area contributed by atoms with E-state index in [1.165, 1.54) is 89.9 Å². The van der Waals surface area contributed by atoms with Crippen LogP contribution in [-0.4, -0.2) is 98.5 Å². The summed E-state index contributed by atoms with van der Waals surface area (Å²) in [6.07, 6.45) is 22.1. The van der Waals surface area contributed by atoms with Crippen molar-refractivity contribution >= 4 is 11.8 Å². The van der Waals surface area contributed by atoms with Crippen molar-refractivity contribution in [3.8, 4) is 0 Å². The molecule has 0 aromatic carbocycles. The molecule has 0 saturated heterocycles. The van der Waals surface area contributed by atoms with Crippen LogP contribution in [0.3, 0.4) is 0 Å². The number of nitrogens with one attached hydrogen (secondary N) is 4. The molecule has 262 valence electrons. The highest BCUT2D eigenvalue weighted by molar-refractivity contribution is 5.76. The lowest BCUT2D eigenvalue weighted by molar-refractivity contribution is -0.121. The minimum absolute atomic E-state index is 0.00161. The molecule has 0 heterocycles. The minimum atomic E-state index is -0.324. The fourth-order valence-electron chi connectivity index (χ4n) is 5.22. The predicted molar refractivity (Wildman–Crippen MR) is 185 cm³/mol. The molecule has 0 aliphatic rings. The number of rotatable bonds is 34. The Labute approximate surface area is 271 Å². The molecule has 6 N–H and O–H groups in total. The summed E-state index contributed by atoms with van der Waals surface area (Å²) in [6.45, 7) is 9.17. The van der Waals surface area contributed by atoms with Crippen LogP contribution in [0.15, 0.2) is 0 Å². The zero-order chi connectivity index (χ0) is 32.5. The third-order valence-corrected chi connectivity index (χ3v) is 8.23. The van der Waals surface area contributed by atoms with Crippen molar-refractivity contribution in [3.05, 3.63) is 0 Å². The van der Waals surface area contributed by atoms with Gasteiger partial charge in [-0.25, -0.2) is 0 Å². The normalized spacial score (nSPS) is 12.9. The first kappa shape index (κ1) is 42.7.